The van der Waals surface area contributed by atoms with Crippen molar-refractivity contribution < 1.29 is 9.59 Å². The zero-order chi connectivity index (χ0) is 17.6. The van der Waals surface area contributed by atoms with E-state index in [0.717, 1.165) is 10.8 Å². The van der Waals surface area contributed by atoms with Gasteiger partial charge in [0.1, 0.15) is 0 Å². The van der Waals surface area contributed by atoms with Crippen LogP contribution in [0, 0.1) is 0 Å². The van der Waals surface area contributed by atoms with E-state index in [9.17, 15) is 9.59 Å². The summed E-state index contributed by atoms with van der Waals surface area (Å²) in [6.45, 7) is 0. The van der Waals surface area contributed by atoms with Crippen molar-refractivity contribution in [3.05, 3.63) is 71.2 Å². The van der Waals surface area contributed by atoms with Crippen molar-refractivity contribution in [2.24, 2.45) is 5.73 Å². The van der Waals surface area contributed by atoms with Gasteiger partial charge in [0.15, 0.2) is 5.13 Å². The van der Waals surface area contributed by atoms with Crippen LogP contribution in [0.5, 0.6) is 0 Å². The Morgan fingerprint density at radius 1 is 1.00 bits per heavy atom. The molecule has 0 saturated carbocycles. The van der Waals surface area contributed by atoms with Crippen LogP contribution in [-0.4, -0.2) is 16.8 Å². The summed E-state index contributed by atoms with van der Waals surface area (Å²) in [5.41, 5.74) is 7.82. The molecule has 2 amide bonds. The average molecular weight is 352 g/mol. The van der Waals surface area contributed by atoms with Gasteiger partial charge in [-0.3, -0.25) is 9.59 Å². The lowest BCUT2D eigenvalue weighted by atomic mass is 10.2. The average Bonchev–Trinajstić information content (AvgIpc) is 3.03. The largest absolute Gasteiger partial charge is 0.366 e. The lowest BCUT2D eigenvalue weighted by Gasteiger charge is -2.04. The smallest absolute Gasteiger partial charge is 0.248 e. The van der Waals surface area contributed by atoms with E-state index in [1.54, 1.807) is 24.3 Å². The van der Waals surface area contributed by atoms with Gasteiger partial charge in [-0.05, 0) is 36.4 Å². The molecule has 4 N–H and O–H groups in total. The van der Waals surface area contributed by atoms with Crippen molar-refractivity contribution in [1.29, 1.82) is 0 Å². The number of aromatic nitrogens is 1. The summed E-state index contributed by atoms with van der Waals surface area (Å²) >= 11 is 1.44. The number of benzene rings is 2. The van der Waals surface area contributed by atoms with Crippen LogP contribution in [0.15, 0.2) is 60.0 Å². The molecular formula is C18H16N4O2S. The predicted molar refractivity (Wildman–Crippen MR) is 99.1 cm³/mol. The minimum atomic E-state index is -0.501. The minimum absolute atomic E-state index is 0.171. The van der Waals surface area contributed by atoms with Crippen molar-refractivity contribution >= 4 is 39.7 Å². The van der Waals surface area contributed by atoms with Gasteiger partial charge in [0.05, 0.1) is 12.1 Å². The molecule has 0 spiro atoms. The number of carbonyl (C=O) groups excluding carboxylic acids is 2. The van der Waals surface area contributed by atoms with Crippen molar-refractivity contribution in [2.75, 3.05) is 10.6 Å². The van der Waals surface area contributed by atoms with Gasteiger partial charge in [-0.2, -0.15) is 0 Å². The second kappa shape index (κ2) is 7.59. The highest BCUT2D eigenvalue weighted by Gasteiger charge is 2.09. The Morgan fingerprint density at radius 2 is 1.72 bits per heavy atom. The van der Waals surface area contributed by atoms with E-state index < -0.39 is 5.91 Å². The number of hydrogen-bond acceptors (Lipinski definition) is 5. The maximum absolute atomic E-state index is 12.1. The van der Waals surface area contributed by atoms with E-state index in [0.29, 0.717) is 16.9 Å². The highest BCUT2D eigenvalue weighted by molar-refractivity contribution is 7.13. The minimum Gasteiger partial charge on any atom is -0.366 e. The molecule has 3 rings (SSSR count). The maximum Gasteiger partial charge on any atom is 0.248 e. The second-order valence-electron chi connectivity index (χ2n) is 5.30. The molecule has 7 heteroatoms. The Labute approximate surface area is 148 Å². The molecule has 0 fully saturated rings. The third kappa shape index (κ3) is 4.65. The molecule has 126 valence electrons. The first-order chi connectivity index (χ1) is 12.1. The summed E-state index contributed by atoms with van der Waals surface area (Å²) in [5, 5.41) is 8.55. The molecule has 2 aromatic carbocycles. The molecule has 0 aliphatic heterocycles. The van der Waals surface area contributed by atoms with E-state index in [1.807, 2.05) is 35.7 Å². The number of thiazole rings is 1. The first-order valence-electron chi connectivity index (χ1n) is 7.56. The topological polar surface area (TPSA) is 97.1 Å². The Bertz CT molecular complexity index is 876. The number of amides is 2. The summed E-state index contributed by atoms with van der Waals surface area (Å²) in [6, 6.07) is 16.1. The third-order valence-electron chi connectivity index (χ3n) is 3.37. The Hall–Kier alpha value is -3.19. The second-order valence-corrected chi connectivity index (χ2v) is 6.16. The molecule has 0 aliphatic carbocycles. The van der Waals surface area contributed by atoms with Crippen LogP contribution in [0.4, 0.5) is 16.5 Å². The molecule has 3 aromatic rings. The zero-order valence-corrected chi connectivity index (χ0v) is 14.0. The Kier molecular flexibility index (Phi) is 5.06. The monoisotopic (exact) mass is 352 g/mol. The van der Waals surface area contributed by atoms with Gasteiger partial charge in [0, 0.05) is 22.3 Å². The van der Waals surface area contributed by atoms with E-state index in [2.05, 4.69) is 15.6 Å². The number of para-hydroxylation sites is 1. The molecule has 0 unspecified atom stereocenters. The third-order valence-corrected chi connectivity index (χ3v) is 4.18. The number of carbonyl (C=O) groups is 2. The number of hydrogen-bond donors (Lipinski definition) is 3. The van der Waals surface area contributed by atoms with Crippen LogP contribution < -0.4 is 16.4 Å². The lowest BCUT2D eigenvalue weighted by molar-refractivity contribution is -0.115. The number of nitrogens with zero attached hydrogens (tertiary/aromatic N) is 1. The van der Waals surface area contributed by atoms with E-state index in [1.165, 1.54) is 11.3 Å². The molecule has 0 radical (unpaired) electrons. The molecule has 0 bridgehead atoms. The Balaban J connectivity index is 1.57. The van der Waals surface area contributed by atoms with Gasteiger partial charge in [-0.15, -0.1) is 11.3 Å². The number of primary amides is 1. The van der Waals surface area contributed by atoms with Gasteiger partial charge < -0.3 is 16.4 Å². The number of nitrogens with one attached hydrogen (secondary N) is 2. The molecule has 6 nitrogen and oxygen atoms in total. The van der Waals surface area contributed by atoms with E-state index in [4.69, 9.17) is 5.73 Å². The molecule has 1 heterocycles. The molecule has 0 aliphatic rings. The summed E-state index contributed by atoms with van der Waals surface area (Å²) in [6.07, 6.45) is 0.171. The fourth-order valence-electron chi connectivity index (χ4n) is 2.18. The zero-order valence-electron chi connectivity index (χ0n) is 13.2. The van der Waals surface area contributed by atoms with Crippen LogP contribution in [0.25, 0.3) is 0 Å². The fraction of sp³-hybridized carbons (Fsp3) is 0.0556. The number of rotatable bonds is 6. The normalized spacial score (nSPS) is 10.2. The summed E-state index contributed by atoms with van der Waals surface area (Å²) in [7, 11) is 0. The van der Waals surface area contributed by atoms with Gasteiger partial charge in [-0.1, -0.05) is 18.2 Å². The van der Waals surface area contributed by atoms with Crippen molar-refractivity contribution in [3.63, 3.8) is 0 Å². The van der Waals surface area contributed by atoms with Crippen molar-refractivity contribution in [1.82, 2.24) is 4.98 Å². The Morgan fingerprint density at radius 3 is 2.40 bits per heavy atom. The first kappa shape index (κ1) is 16.7. The summed E-state index contributed by atoms with van der Waals surface area (Å²) in [4.78, 5) is 27.6. The van der Waals surface area contributed by atoms with Gasteiger partial charge in [0.2, 0.25) is 11.8 Å². The predicted octanol–water partition coefficient (Wildman–Crippen LogP) is 3.17. The molecule has 0 saturated heterocycles. The molecular weight excluding hydrogens is 336 g/mol. The van der Waals surface area contributed by atoms with Crippen LogP contribution in [0.1, 0.15) is 16.1 Å². The lowest BCUT2D eigenvalue weighted by Crippen LogP contribution is -2.15. The van der Waals surface area contributed by atoms with E-state index >= 15 is 0 Å². The van der Waals surface area contributed by atoms with Crippen LogP contribution in [0.2, 0.25) is 0 Å². The van der Waals surface area contributed by atoms with Crippen molar-refractivity contribution in [3.8, 4) is 0 Å². The molecule has 1 aromatic heterocycles. The quantitative estimate of drug-likeness (QED) is 0.635. The highest BCUT2D eigenvalue weighted by Crippen LogP contribution is 2.21. The standard InChI is InChI=1S/C18H16N4O2S/c19-17(24)12-6-8-14(9-7-12)20-16(23)10-15-11-25-18(22-15)21-13-4-2-1-3-5-13/h1-9,11H,10H2,(H2,19,24)(H,20,23)(H,21,22). The number of nitrogens with two attached hydrogens (primary N) is 1. The maximum atomic E-state index is 12.1. The SMILES string of the molecule is NC(=O)c1ccc(NC(=O)Cc2csc(Nc3ccccc3)n2)cc1. The molecule has 0 atom stereocenters. The first-order valence-corrected chi connectivity index (χ1v) is 8.44. The fourth-order valence-corrected chi connectivity index (χ4v) is 2.91. The van der Waals surface area contributed by atoms with E-state index in [-0.39, 0.29) is 12.3 Å². The highest BCUT2D eigenvalue weighted by atomic mass is 32.1. The molecule has 25 heavy (non-hydrogen) atoms. The van der Waals surface area contributed by atoms with Crippen LogP contribution >= 0.6 is 11.3 Å². The summed E-state index contributed by atoms with van der Waals surface area (Å²) in [5.74, 6) is -0.679. The van der Waals surface area contributed by atoms with Gasteiger partial charge in [-0.25, -0.2) is 4.98 Å². The van der Waals surface area contributed by atoms with Crippen molar-refractivity contribution in [2.45, 2.75) is 6.42 Å². The van der Waals surface area contributed by atoms with Gasteiger partial charge >= 0.3 is 0 Å². The summed E-state index contributed by atoms with van der Waals surface area (Å²) < 4.78 is 0. The number of anilines is 3. The van der Waals surface area contributed by atoms with Crippen LogP contribution in [0.3, 0.4) is 0 Å². The van der Waals surface area contributed by atoms with Crippen LogP contribution in [-0.2, 0) is 11.2 Å². The van der Waals surface area contributed by atoms with Gasteiger partial charge in [0.25, 0.3) is 0 Å².